The van der Waals surface area contributed by atoms with Gasteiger partial charge in [-0.3, -0.25) is 4.79 Å². The molecule has 1 amide bonds. The van der Waals surface area contributed by atoms with E-state index in [4.69, 9.17) is 0 Å². The average molecular weight is 349 g/mol. The molecule has 2 heterocycles. The second-order valence-corrected chi connectivity index (χ2v) is 7.44. The van der Waals surface area contributed by atoms with Crippen LogP contribution in [0.3, 0.4) is 0 Å². The Labute approximate surface area is 155 Å². The van der Waals surface area contributed by atoms with Gasteiger partial charge in [0.1, 0.15) is 0 Å². The van der Waals surface area contributed by atoms with E-state index in [0.29, 0.717) is 6.04 Å². The van der Waals surface area contributed by atoms with Crippen molar-refractivity contribution in [1.29, 1.82) is 0 Å². The standard InChI is InChI=1S/C22H27N3O/c1-24-14-13-21(22(24)26)23-19-11-15-25(16-12-19)20-9-7-18(8-10-20)17-5-3-2-4-6-17/h2-10,19,21,23H,11-16H2,1H3/t21-/m0/s1. The highest BCUT2D eigenvalue weighted by Crippen LogP contribution is 2.25. The van der Waals surface area contributed by atoms with Crippen molar-refractivity contribution in [3.05, 3.63) is 54.6 Å². The highest BCUT2D eigenvalue weighted by atomic mass is 16.2. The zero-order valence-electron chi connectivity index (χ0n) is 15.4. The van der Waals surface area contributed by atoms with Gasteiger partial charge in [0, 0.05) is 38.4 Å². The van der Waals surface area contributed by atoms with E-state index >= 15 is 0 Å². The summed E-state index contributed by atoms with van der Waals surface area (Å²) >= 11 is 0. The number of hydrogen-bond donors (Lipinski definition) is 1. The first-order chi connectivity index (χ1) is 12.7. The van der Waals surface area contributed by atoms with E-state index in [1.165, 1.54) is 16.8 Å². The fourth-order valence-corrected chi connectivity index (χ4v) is 4.06. The molecule has 2 aliphatic rings. The Morgan fingerprint density at radius 1 is 0.846 bits per heavy atom. The Bertz CT molecular complexity index is 736. The van der Waals surface area contributed by atoms with Crippen LogP contribution in [-0.4, -0.2) is 49.6 Å². The molecular formula is C22H27N3O. The van der Waals surface area contributed by atoms with Crippen LogP contribution in [0.1, 0.15) is 19.3 Å². The van der Waals surface area contributed by atoms with Crippen LogP contribution in [0.25, 0.3) is 11.1 Å². The molecule has 0 bridgehead atoms. The van der Waals surface area contributed by atoms with Gasteiger partial charge in [-0.15, -0.1) is 0 Å². The van der Waals surface area contributed by atoms with Crippen molar-refractivity contribution in [2.45, 2.75) is 31.3 Å². The molecule has 136 valence electrons. The van der Waals surface area contributed by atoms with E-state index in [9.17, 15) is 4.79 Å². The molecule has 2 saturated heterocycles. The van der Waals surface area contributed by atoms with Gasteiger partial charge in [-0.1, -0.05) is 42.5 Å². The topological polar surface area (TPSA) is 35.6 Å². The van der Waals surface area contributed by atoms with Crippen molar-refractivity contribution in [3.8, 4) is 11.1 Å². The van der Waals surface area contributed by atoms with Crippen LogP contribution in [0, 0.1) is 0 Å². The van der Waals surface area contributed by atoms with Crippen LogP contribution >= 0.6 is 0 Å². The molecule has 2 aliphatic heterocycles. The molecule has 2 aromatic rings. The summed E-state index contributed by atoms with van der Waals surface area (Å²) in [4.78, 5) is 16.4. The summed E-state index contributed by atoms with van der Waals surface area (Å²) in [6.45, 7) is 2.96. The number of benzene rings is 2. The van der Waals surface area contributed by atoms with Gasteiger partial charge in [-0.2, -0.15) is 0 Å². The predicted octanol–water partition coefficient (Wildman–Crippen LogP) is 3.14. The minimum Gasteiger partial charge on any atom is -0.371 e. The highest BCUT2D eigenvalue weighted by molar-refractivity contribution is 5.83. The third-order valence-corrected chi connectivity index (χ3v) is 5.70. The number of nitrogens with one attached hydrogen (secondary N) is 1. The first-order valence-electron chi connectivity index (χ1n) is 9.62. The minimum atomic E-state index is 0.0294. The average Bonchev–Trinajstić information content (AvgIpc) is 3.02. The molecule has 4 nitrogen and oxygen atoms in total. The Hall–Kier alpha value is -2.33. The number of rotatable bonds is 4. The van der Waals surface area contributed by atoms with Crippen molar-refractivity contribution in [1.82, 2.24) is 10.2 Å². The molecule has 0 aromatic heterocycles. The fraction of sp³-hybridized carbons (Fsp3) is 0.409. The molecule has 4 rings (SSSR count). The molecule has 0 spiro atoms. The number of hydrogen-bond acceptors (Lipinski definition) is 3. The zero-order valence-corrected chi connectivity index (χ0v) is 15.4. The lowest BCUT2D eigenvalue weighted by Crippen LogP contribution is -2.48. The predicted molar refractivity (Wildman–Crippen MR) is 106 cm³/mol. The summed E-state index contributed by atoms with van der Waals surface area (Å²) in [6.07, 6.45) is 3.12. The SMILES string of the molecule is CN1CC[C@H](NC2CCN(c3ccc(-c4ccccc4)cc3)CC2)C1=O. The Morgan fingerprint density at radius 2 is 1.50 bits per heavy atom. The van der Waals surface area contributed by atoms with Crippen LogP contribution in [0.5, 0.6) is 0 Å². The second-order valence-electron chi connectivity index (χ2n) is 7.44. The van der Waals surface area contributed by atoms with Gasteiger partial charge in [0.05, 0.1) is 6.04 Å². The number of likely N-dealkylation sites (tertiary alicyclic amines) is 1. The molecule has 0 saturated carbocycles. The van der Waals surface area contributed by atoms with E-state index in [2.05, 4.69) is 58.7 Å². The van der Waals surface area contributed by atoms with E-state index in [-0.39, 0.29) is 11.9 Å². The molecule has 0 aliphatic carbocycles. The van der Waals surface area contributed by atoms with Crippen LogP contribution < -0.4 is 10.2 Å². The van der Waals surface area contributed by atoms with Gasteiger partial charge < -0.3 is 15.1 Å². The maximum Gasteiger partial charge on any atom is 0.239 e. The first kappa shape index (κ1) is 17.1. The molecule has 26 heavy (non-hydrogen) atoms. The van der Waals surface area contributed by atoms with Crippen LogP contribution in [0.4, 0.5) is 5.69 Å². The number of nitrogens with zero attached hydrogens (tertiary/aromatic N) is 2. The van der Waals surface area contributed by atoms with Crippen molar-refractivity contribution in [2.75, 3.05) is 31.6 Å². The number of likely N-dealkylation sites (N-methyl/N-ethyl adjacent to an activating group) is 1. The lowest BCUT2D eigenvalue weighted by atomic mass is 10.0. The molecule has 2 aromatic carbocycles. The highest BCUT2D eigenvalue weighted by Gasteiger charge is 2.31. The van der Waals surface area contributed by atoms with Gasteiger partial charge in [0.2, 0.25) is 5.91 Å². The Morgan fingerprint density at radius 3 is 2.12 bits per heavy atom. The zero-order chi connectivity index (χ0) is 17.9. The first-order valence-corrected chi connectivity index (χ1v) is 9.62. The summed E-state index contributed by atoms with van der Waals surface area (Å²) in [7, 11) is 1.89. The smallest absolute Gasteiger partial charge is 0.239 e. The molecule has 1 N–H and O–H groups in total. The summed E-state index contributed by atoms with van der Waals surface area (Å²) in [5.41, 5.74) is 3.81. The normalized spacial score (nSPS) is 21.4. The van der Waals surface area contributed by atoms with Gasteiger partial charge >= 0.3 is 0 Å². The Kier molecular flexibility index (Phi) is 4.93. The van der Waals surface area contributed by atoms with E-state index in [1.807, 2.05) is 18.0 Å². The third kappa shape index (κ3) is 3.61. The van der Waals surface area contributed by atoms with E-state index in [0.717, 1.165) is 38.9 Å². The Balaban J connectivity index is 1.33. The minimum absolute atomic E-state index is 0.0294. The van der Waals surface area contributed by atoms with Crippen LogP contribution in [0.15, 0.2) is 54.6 Å². The fourth-order valence-electron chi connectivity index (χ4n) is 4.06. The molecule has 0 unspecified atom stereocenters. The maximum absolute atomic E-state index is 12.1. The van der Waals surface area contributed by atoms with Gasteiger partial charge in [-0.25, -0.2) is 0 Å². The summed E-state index contributed by atoms with van der Waals surface area (Å²) in [5.74, 6) is 0.254. The number of carbonyl (C=O) groups excluding carboxylic acids is 1. The van der Waals surface area contributed by atoms with Crippen molar-refractivity contribution in [2.24, 2.45) is 0 Å². The number of amides is 1. The van der Waals surface area contributed by atoms with Crippen LogP contribution in [0.2, 0.25) is 0 Å². The number of carbonyl (C=O) groups is 1. The largest absolute Gasteiger partial charge is 0.371 e. The van der Waals surface area contributed by atoms with Crippen molar-refractivity contribution < 1.29 is 4.79 Å². The van der Waals surface area contributed by atoms with Gasteiger partial charge in [0.15, 0.2) is 0 Å². The molecular weight excluding hydrogens is 322 g/mol. The lowest BCUT2D eigenvalue weighted by Gasteiger charge is -2.35. The molecule has 4 heteroatoms. The van der Waals surface area contributed by atoms with Gasteiger partial charge in [-0.05, 0) is 42.5 Å². The quantitative estimate of drug-likeness (QED) is 0.921. The molecule has 1 atom stereocenters. The molecule has 2 fully saturated rings. The monoisotopic (exact) mass is 349 g/mol. The van der Waals surface area contributed by atoms with E-state index in [1.54, 1.807) is 0 Å². The summed E-state index contributed by atoms with van der Waals surface area (Å²) in [5, 5.41) is 3.58. The van der Waals surface area contributed by atoms with Gasteiger partial charge in [0.25, 0.3) is 0 Å². The van der Waals surface area contributed by atoms with Crippen LogP contribution in [-0.2, 0) is 4.79 Å². The summed E-state index contributed by atoms with van der Waals surface area (Å²) < 4.78 is 0. The maximum atomic E-state index is 12.1. The van der Waals surface area contributed by atoms with Crippen molar-refractivity contribution in [3.63, 3.8) is 0 Å². The third-order valence-electron chi connectivity index (χ3n) is 5.70. The van der Waals surface area contributed by atoms with E-state index < -0.39 is 0 Å². The number of piperidine rings is 1. The molecule has 0 radical (unpaired) electrons. The second kappa shape index (κ2) is 7.50. The number of anilines is 1. The van der Waals surface area contributed by atoms with Crippen molar-refractivity contribution >= 4 is 11.6 Å². The summed E-state index contributed by atoms with van der Waals surface area (Å²) in [6, 6.07) is 19.9. The lowest BCUT2D eigenvalue weighted by molar-refractivity contribution is -0.128.